The SMILES string of the molecule is C=CC(=O)NCC(=O)N1CCCCC1c1nc(-c2ccccn2)cs1. The summed E-state index contributed by atoms with van der Waals surface area (Å²) < 4.78 is 0. The van der Waals surface area contributed by atoms with E-state index in [2.05, 4.69) is 16.9 Å². The number of hydrogen-bond acceptors (Lipinski definition) is 5. The van der Waals surface area contributed by atoms with Crippen LogP contribution in [0.15, 0.2) is 42.4 Å². The fourth-order valence-corrected chi connectivity index (χ4v) is 3.85. The van der Waals surface area contributed by atoms with Crippen molar-refractivity contribution in [1.82, 2.24) is 20.2 Å². The average Bonchev–Trinajstić information content (AvgIpc) is 3.16. The molecule has 7 heteroatoms. The number of carbonyl (C=O) groups is 2. The second-order valence-corrected chi connectivity index (χ2v) is 6.70. The van der Waals surface area contributed by atoms with Gasteiger partial charge in [0, 0.05) is 18.1 Å². The van der Waals surface area contributed by atoms with Crippen molar-refractivity contribution in [3.8, 4) is 11.4 Å². The molecule has 1 saturated heterocycles. The number of nitrogens with zero attached hydrogens (tertiary/aromatic N) is 3. The lowest BCUT2D eigenvalue weighted by molar-refractivity contribution is -0.135. The molecule has 0 radical (unpaired) electrons. The van der Waals surface area contributed by atoms with Crippen LogP contribution >= 0.6 is 11.3 Å². The van der Waals surface area contributed by atoms with Crippen molar-refractivity contribution >= 4 is 23.2 Å². The van der Waals surface area contributed by atoms with E-state index in [1.54, 1.807) is 17.5 Å². The summed E-state index contributed by atoms with van der Waals surface area (Å²) in [6.45, 7) is 4.07. The number of rotatable bonds is 5. The molecular formula is C18H20N4O2S. The van der Waals surface area contributed by atoms with Crippen LogP contribution in [0, 0.1) is 0 Å². The van der Waals surface area contributed by atoms with Crippen molar-refractivity contribution in [3.05, 3.63) is 47.4 Å². The van der Waals surface area contributed by atoms with Crippen molar-refractivity contribution in [2.45, 2.75) is 25.3 Å². The summed E-state index contributed by atoms with van der Waals surface area (Å²) in [6.07, 6.45) is 5.83. The molecule has 25 heavy (non-hydrogen) atoms. The maximum atomic E-state index is 12.5. The highest BCUT2D eigenvalue weighted by Gasteiger charge is 2.30. The molecule has 6 nitrogen and oxygen atoms in total. The zero-order chi connectivity index (χ0) is 17.6. The molecule has 0 saturated carbocycles. The molecule has 0 aromatic carbocycles. The van der Waals surface area contributed by atoms with Crippen LogP contribution in [0.25, 0.3) is 11.4 Å². The van der Waals surface area contributed by atoms with Gasteiger partial charge in [0.25, 0.3) is 0 Å². The molecular weight excluding hydrogens is 336 g/mol. The maximum Gasteiger partial charge on any atom is 0.243 e. The van der Waals surface area contributed by atoms with Crippen LogP contribution in [-0.2, 0) is 9.59 Å². The summed E-state index contributed by atoms with van der Waals surface area (Å²) >= 11 is 1.55. The summed E-state index contributed by atoms with van der Waals surface area (Å²) in [6, 6.07) is 5.69. The molecule has 2 amide bonds. The van der Waals surface area contributed by atoms with Gasteiger partial charge in [-0.25, -0.2) is 4.98 Å². The monoisotopic (exact) mass is 356 g/mol. The Hall–Kier alpha value is -2.54. The minimum absolute atomic E-state index is 0.0141. The highest BCUT2D eigenvalue weighted by molar-refractivity contribution is 7.10. The Bertz CT molecular complexity index is 759. The Morgan fingerprint density at radius 3 is 3.00 bits per heavy atom. The highest BCUT2D eigenvalue weighted by Crippen LogP contribution is 2.34. The molecule has 0 bridgehead atoms. The van der Waals surface area contributed by atoms with Crippen molar-refractivity contribution in [2.75, 3.05) is 13.1 Å². The molecule has 2 aromatic rings. The van der Waals surface area contributed by atoms with Gasteiger partial charge in [0.15, 0.2) is 0 Å². The number of aromatic nitrogens is 2. The normalized spacial score (nSPS) is 17.1. The molecule has 130 valence electrons. The van der Waals surface area contributed by atoms with Crippen LogP contribution in [-0.4, -0.2) is 39.8 Å². The van der Waals surface area contributed by atoms with Gasteiger partial charge in [-0.1, -0.05) is 12.6 Å². The number of thiazole rings is 1. The minimum atomic E-state index is -0.339. The third-order valence-corrected chi connectivity index (χ3v) is 5.10. The summed E-state index contributed by atoms with van der Waals surface area (Å²) in [5.41, 5.74) is 1.66. The number of amides is 2. The van der Waals surface area contributed by atoms with Crippen LogP contribution in [0.1, 0.15) is 30.3 Å². The van der Waals surface area contributed by atoms with E-state index in [1.807, 2.05) is 28.5 Å². The predicted octanol–water partition coefficient (Wildman–Crippen LogP) is 2.56. The first-order valence-electron chi connectivity index (χ1n) is 8.25. The van der Waals surface area contributed by atoms with Gasteiger partial charge < -0.3 is 10.2 Å². The Morgan fingerprint density at radius 1 is 1.36 bits per heavy atom. The molecule has 1 aliphatic rings. The predicted molar refractivity (Wildman–Crippen MR) is 96.9 cm³/mol. The van der Waals surface area contributed by atoms with Gasteiger partial charge in [0.05, 0.1) is 24.0 Å². The van der Waals surface area contributed by atoms with Gasteiger partial charge in [-0.2, -0.15) is 0 Å². The molecule has 0 aliphatic carbocycles. The molecule has 1 N–H and O–H groups in total. The number of nitrogens with one attached hydrogen (secondary N) is 1. The Morgan fingerprint density at radius 2 is 2.24 bits per heavy atom. The van der Waals surface area contributed by atoms with E-state index in [9.17, 15) is 9.59 Å². The van der Waals surface area contributed by atoms with Crippen molar-refractivity contribution in [3.63, 3.8) is 0 Å². The zero-order valence-corrected chi connectivity index (χ0v) is 14.7. The lowest BCUT2D eigenvalue weighted by Gasteiger charge is -2.34. The number of likely N-dealkylation sites (tertiary alicyclic amines) is 1. The molecule has 2 aromatic heterocycles. The van der Waals surface area contributed by atoms with Crippen LogP contribution in [0.5, 0.6) is 0 Å². The fourth-order valence-electron chi connectivity index (χ4n) is 2.90. The maximum absolute atomic E-state index is 12.5. The third-order valence-electron chi connectivity index (χ3n) is 4.16. The molecule has 1 aliphatic heterocycles. The van der Waals surface area contributed by atoms with Crippen LogP contribution < -0.4 is 5.32 Å². The second kappa shape index (κ2) is 8.02. The van der Waals surface area contributed by atoms with Gasteiger partial charge in [-0.05, 0) is 37.5 Å². The lowest BCUT2D eigenvalue weighted by Crippen LogP contribution is -2.44. The molecule has 1 atom stereocenters. The number of piperidine rings is 1. The van der Waals surface area contributed by atoms with Gasteiger partial charge in [0.2, 0.25) is 11.8 Å². The summed E-state index contributed by atoms with van der Waals surface area (Å²) in [7, 11) is 0. The average molecular weight is 356 g/mol. The second-order valence-electron chi connectivity index (χ2n) is 5.81. The van der Waals surface area contributed by atoms with Crippen LogP contribution in [0.4, 0.5) is 0 Å². The fraction of sp³-hybridized carbons (Fsp3) is 0.333. The van der Waals surface area contributed by atoms with E-state index < -0.39 is 0 Å². The summed E-state index contributed by atoms with van der Waals surface area (Å²) in [5, 5.41) is 5.46. The van der Waals surface area contributed by atoms with Crippen molar-refractivity contribution in [2.24, 2.45) is 0 Å². The van der Waals surface area contributed by atoms with Gasteiger partial charge in [0.1, 0.15) is 5.01 Å². The first-order chi connectivity index (χ1) is 12.2. The number of hydrogen-bond donors (Lipinski definition) is 1. The standard InChI is InChI=1S/C18H20N4O2S/c1-2-16(23)20-11-17(24)22-10-6-4-8-15(22)18-21-14(12-25-18)13-7-3-5-9-19-13/h2-3,5,7,9,12,15H,1,4,6,8,10-11H2,(H,20,23). The molecule has 3 rings (SSSR count). The molecule has 1 unspecified atom stereocenters. The Kier molecular flexibility index (Phi) is 5.55. The van der Waals surface area contributed by atoms with Crippen molar-refractivity contribution < 1.29 is 9.59 Å². The topological polar surface area (TPSA) is 75.2 Å². The lowest BCUT2D eigenvalue weighted by atomic mass is 10.0. The third kappa shape index (κ3) is 4.11. The van der Waals surface area contributed by atoms with Crippen molar-refractivity contribution in [1.29, 1.82) is 0 Å². The zero-order valence-electron chi connectivity index (χ0n) is 13.9. The number of carbonyl (C=O) groups excluding carboxylic acids is 2. The summed E-state index contributed by atoms with van der Waals surface area (Å²) in [5.74, 6) is -0.428. The molecule has 1 fully saturated rings. The molecule has 0 spiro atoms. The van der Waals surface area contributed by atoms with Gasteiger partial charge in [-0.15, -0.1) is 11.3 Å². The van der Waals surface area contributed by atoms with E-state index >= 15 is 0 Å². The van der Waals surface area contributed by atoms with E-state index in [0.29, 0.717) is 6.54 Å². The van der Waals surface area contributed by atoms with Crippen LogP contribution in [0.2, 0.25) is 0 Å². The Balaban J connectivity index is 1.75. The highest BCUT2D eigenvalue weighted by atomic mass is 32.1. The van der Waals surface area contributed by atoms with E-state index in [4.69, 9.17) is 4.98 Å². The number of pyridine rings is 1. The van der Waals surface area contributed by atoms with E-state index in [0.717, 1.165) is 35.7 Å². The largest absolute Gasteiger partial charge is 0.343 e. The Labute approximate surface area is 150 Å². The quantitative estimate of drug-likeness (QED) is 0.836. The smallest absolute Gasteiger partial charge is 0.243 e. The van der Waals surface area contributed by atoms with E-state index in [-0.39, 0.29) is 24.4 Å². The van der Waals surface area contributed by atoms with Gasteiger partial charge in [-0.3, -0.25) is 14.6 Å². The first kappa shape index (κ1) is 17.3. The van der Waals surface area contributed by atoms with Gasteiger partial charge >= 0.3 is 0 Å². The molecule has 3 heterocycles. The minimum Gasteiger partial charge on any atom is -0.343 e. The van der Waals surface area contributed by atoms with E-state index in [1.165, 1.54) is 6.08 Å². The van der Waals surface area contributed by atoms with Crippen LogP contribution in [0.3, 0.4) is 0 Å². The summed E-state index contributed by atoms with van der Waals surface area (Å²) in [4.78, 5) is 34.7. The first-order valence-corrected chi connectivity index (χ1v) is 9.13.